The van der Waals surface area contributed by atoms with Crippen LogP contribution in [0.1, 0.15) is 24.3 Å². The fourth-order valence-corrected chi connectivity index (χ4v) is 2.55. The van der Waals surface area contributed by atoms with Gasteiger partial charge in [0.05, 0.1) is 0 Å². The molecule has 0 aliphatic heterocycles. The summed E-state index contributed by atoms with van der Waals surface area (Å²) in [5, 5.41) is 2.48. The van der Waals surface area contributed by atoms with Gasteiger partial charge in [0, 0.05) is 24.5 Å². The number of anilines is 2. The summed E-state index contributed by atoms with van der Waals surface area (Å²) in [6.45, 7) is 4.18. The van der Waals surface area contributed by atoms with Gasteiger partial charge in [0.25, 0.3) is 0 Å². The smallest absolute Gasteiger partial charge is 0.190 e. The topological polar surface area (TPSA) is 33.2 Å². The van der Waals surface area contributed by atoms with E-state index >= 15 is 0 Å². The van der Waals surface area contributed by atoms with Gasteiger partial charge in [-0.3, -0.25) is 4.79 Å². The van der Waals surface area contributed by atoms with Crippen LogP contribution in [0.4, 0.5) is 15.2 Å². The highest BCUT2D eigenvalue weighted by molar-refractivity contribution is 7.14. The van der Waals surface area contributed by atoms with E-state index in [1.807, 2.05) is 11.8 Å². The molecule has 2 aromatic rings. The third-order valence-electron chi connectivity index (χ3n) is 2.54. The van der Waals surface area contributed by atoms with Crippen molar-refractivity contribution >= 4 is 27.9 Å². The van der Waals surface area contributed by atoms with Crippen LogP contribution in [0.15, 0.2) is 29.6 Å². The van der Waals surface area contributed by atoms with Crippen LogP contribution < -0.4 is 4.90 Å². The highest BCUT2D eigenvalue weighted by Crippen LogP contribution is 2.28. The number of rotatable bonds is 4. The summed E-state index contributed by atoms with van der Waals surface area (Å²) in [6.07, 6.45) is 0. The predicted octanol–water partition coefficient (Wildman–Crippen LogP) is 3.64. The zero-order chi connectivity index (χ0) is 13.1. The Hall–Kier alpha value is -1.75. The van der Waals surface area contributed by atoms with Crippen LogP contribution >= 0.6 is 11.3 Å². The molecule has 1 aromatic carbocycles. The molecule has 0 saturated carbocycles. The number of ketones is 1. The molecule has 3 nitrogen and oxygen atoms in total. The molecule has 18 heavy (non-hydrogen) atoms. The SMILES string of the molecule is CCN(c1ccc(F)cc1)c1nc(C(C)=O)cs1. The van der Waals surface area contributed by atoms with Crippen LogP contribution in [-0.2, 0) is 0 Å². The molecule has 0 saturated heterocycles. The molecule has 0 bridgehead atoms. The number of Topliss-reactive ketones (excluding diaryl/α,β-unsaturated/α-hetero) is 1. The average molecular weight is 264 g/mol. The number of benzene rings is 1. The van der Waals surface area contributed by atoms with Gasteiger partial charge >= 0.3 is 0 Å². The second kappa shape index (κ2) is 5.27. The standard InChI is InChI=1S/C13H13FN2OS/c1-3-16(11-6-4-10(14)5-7-11)13-15-12(8-18-13)9(2)17/h4-8H,3H2,1-2H3. The van der Waals surface area contributed by atoms with Gasteiger partial charge < -0.3 is 4.90 Å². The maximum absolute atomic E-state index is 12.9. The van der Waals surface area contributed by atoms with E-state index in [1.165, 1.54) is 30.4 Å². The summed E-state index contributed by atoms with van der Waals surface area (Å²) in [5.74, 6) is -0.314. The first-order chi connectivity index (χ1) is 8.61. The van der Waals surface area contributed by atoms with Crippen LogP contribution in [-0.4, -0.2) is 17.3 Å². The molecule has 94 valence electrons. The molecule has 0 fully saturated rings. The molecule has 0 atom stereocenters. The van der Waals surface area contributed by atoms with Gasteiger partial charge in [-0.15, -0.1) is 11.3 Å². The van der Waals surface area contributed by atoms with Gasteiger partial charge in [0.1, 0.15) is 11.5 Å². The minimum absolute atomic E-state index is 0.0485. The van der Waals surface area contributed by atoms with Crippen LogP contribution in [0.5, 0.6) is 0 Å². The van der Waals surface area contributed by atoms with Gasteiger partial charge in [0.15, 0.2) is 10.9 Å². The molecular formula is C13H13FN2OS. The second-order valence-electron chi connectivity index (χ2n) is 3.79. The Morgan fingerprint density at radius 1 is 1.39 bits per heavy atom. The second-order valence-corrected chi connectivity index (χ2v) is 4.63. The van der Waals surface area contributed by atoms with E-state index in [4.69, 9.17) is 0 Å². The third kappa shape index (κ3) is 2.56. The fourth-order valence-electron chi connectivity index (χ4n) is 1.60. The first kappa shape index (κ1) is 12.7. The zero-order valence-electron chi connectivity index (χ0n) is 10.2. The number of hydrogen-bond acceptors (Lipinski definition) is 4. The highest BCUT2D eigenvalue weighted by atomic mass is 32.1. The molecule has 5 heteroatoms. The highest BCUT2D eigenvalue weighted by Gasteiger charge is 2.13. The van der Waals surface area contributed by atoms with Gasteiger partial charge in [-0.1, -0.05) is 0 Å². The molecular weight excluding hydrogens is 251 g/mol. The molecule has 0 aliphatic carbocycles. The van der Waals surface area contributed by atoms with E-state index in [2.05, 4.69) is 4.98 Å². The minimum Gasteiger partial charge on any atom is -0.318 e. The summed E-state index contributed by atoms with van der Waals surface area (Å²) in [5.41, 5.74) is 1.33. The maximum Gasteiger partial charge on any atom is 0.190 e. The number of aromatic nitrogens is 1. The Labute approximate surface area is 109 Å². The van der Waals surface area contributed by atoms with Crippen LogP contribution in [0.2, 0.25) is 0 Å². The molecule has 0 amide bonds. The van der Waals surface area contributed by atoms with Gasteiger partial charge in [-0.2, -0.15) is 0 Å². The van der Waals surface area contributed by atoms with Crippen LogP contribution in [0.3, 0.4) is 0 Å². The average Bonchev–Trinajstić information content (AvgIpc) is 2.82. The van der Waals surface area contributed by atoms with E-state index in [0.29, 0.717) is 12.2 Å². The summed E-state index contributed by atoms with van der Waals surface area (Å²) in [4.78, 5) is 17.4. The van der Waals surface area contributed by atoms with Crippen LogP contribution in [0, 0.1) is 5.82 Å². The molecule has 0 aliphatic rings. The Bertz CT molecular complexity index is 550. The molecule has 1 aromatic heterocycles. The lowest BCUT2D eigenvalue weighted by Gasteiger charge is -2.19. The van der Waals surface area contributed by atoms with Gasteiger partial charge in [0.2, 0.25) is 0 Å². The van der Waals surface area contributed by atoms with Crippen molar-refractivity contribution in [1.29, 1.82) is 0 Å². The first-order valence-corrected chi connectivity index (χ1v) is 6.49. The van der Waals surface area contributed by atoms with Crippen molar-refractivity contribution in [2.24, 2.45) is 0 Å². The number of thiazole rings is 1. The quantitative estimate of drug-likeness (QED) is 0.790. The summed E-state index contributed by atoms with van der Waals surface area (Å²) in [6, 6.07) is 6.23. The fraction of sp³-hybridized carbons (Fsp3) is 0.231. The molecule has 0 radical (unpaired) electrons. The summed E-state index contributed by atoms with van der Waals surface area (Å²) in [7, 11) is 0. The van der Waals surface area contributed by atoms with E-state index < -0.39 is 0 Å². The van der Waals surface area contributed by atoms with E-state index in [1.54, 1.807) is 17.5 Å². The Kier molecular flexibility index (Phi) is 3.72. The van der Waals surface area contributed by atoms with Crippen molar-refractivity contribution in [3.8, 4) is 0 Å². The number of halogens is 1. The zero-order valence-corrected chi connectivity index (χ0v) is 11.0. The van der Waals surface area contributed by atoms with E-state index in [9.17, 15) is 9.18 Å². The largest absolute Gasteiger partial charge is 0.318 e. The monoisotopic (exact) mass is 264 g/mol. The van der Waals surface area contributed by atoms with Crippen molar-refractivity contribution in [1.82, 2.24) is 4.98 Å². The third-order valence-corrected chi connectivity index (χ3v) is 3.40. The van der Waals surface area contributed by atoms with Crippen molar-refractivity contribution in [3.05, 3.63) is 41.2 Å². The van der Waals surface area contributed by atoms with Crippen molar-refractivity contribution < 1.29 is 9.18 Å². The summed E-state index contributed by atoms with van der Waals surface area (Å²) >= 11 is 1.41. The molecule has 0 N–H and O–H groups in total. The Morgan fingerprint density at radius 2 is 2.06 bits per heavy atom. The minimum atomic E-state index is -0.265. The lowest BCUT2D eigenvalue weighted by molar-refractivity contribution is 0.101. The Morgan fingerprint density at radius 3 is 2.56 bits per heavy atom. The molecule has 0 unspecified atom stereocenters. The summed E-state index contributed by atoms with van der Waals surface area (Å²) < 4.78 is 12.9. The van der Waals surface area contributed by atoms with Gasteiger partial charge in [-0.05, 0) is 31.2 Å². The lowest BCUT2D eigenvalue weighted by Crippen LogP contribution is -2.15. The van der Waals surface area contributed by atoms with Crippen molar-refractivity contribution in [2.75, 3.05) is 11.4 Å². The number of carbonyl (C=O) groups is 1. The van der Waals surface area contributed by atoms with E-state index in [-0.39, 0.29) is 11.6 Å². The molecule has 1 heterocycles. The van der Waals surface area contributed by atoms with Crippen LogP contribution in [0.25, 0.3) is 0 Å². The normalized spacial score (nSPS) is 10.4. The number of carbonyl (C=O) groups excluding carboxylic acids is 1. The predicted molar refractivity (Wildman–Crippen MR) is 71.2 cm³/mol. The van der Waals surface area contributed by atoms with Crippen molar-refractivity contribution in [2.45, 2.75) is 13.8 Å². The number of hydrogen-bond donors (Lipinski definition) is 0. The van der Waals surface area contributed by atoms with Gasteiger partial charge in [-0.25, -0.2) is 9.37 Å². The number of nitrogens with zero attached hydrogens (tertiary/aromatic N) is 2. The maximum atomic E-state index is 12.9. The van der Waals surface area contributed by atoms with Crippen molar-refractivity contribution in [3.63, 3.8) is 0 Å². The molecule has 2 rings (SSSR count). The lowest BCUT2D eigenvalue weighted by atomic mass is 10.3. The first-order valence-electron chi connectivity index (χ1n) is 5.61. The Balaban J connectivity index is 2.32. The molecule has 0 spiro atoms. The van der Waals surface area contributed by atoms with E-state index in [0.717, 1.165) is 10.8 Å².